The first-order valence-corrected chi connectivity index (χ1v) is 4.65. The predicted molar refractivity (Wildman–Crippen MR) is 55.0 cm³/mol. The monoisotopic (exact) mass is 223 g/mol. The van der Waals surface area contributed by atoms with Crippen LogP contribution in [0.4, 0.5) is 4.39 Å². The largest absolute Gasteiger partial charge is 0.225 e. The average molecular weight is 224 g/mol. The fourth-order valence-corrected chi connectivity index (χ4v) is 1.41. The first-order valence-electron chi connectivity index (χ1n) is 4.28. The van der Waals surface area contributed by atoms with Gasteiger partial charge in [0.05, 0.1) is 0 Å². The number of aromatic nitrogens is 3. The lowest BCUT2D eigenvalue weighted by Crippen LogP contribution is -1.93. The van der Waals surface area contributed by atoms with Crippen LogP contribution in [0, 0.1) is 12.7 Å². The molecule has 0 atom stereocenters. The number of benzene rings is 1. The van der Waals surface area contributed by atoms with E-state index in [9.17, 15) is 4.39 Å². The molecule has 0 spiro atoms. The fourth-order valence-electron chi connectivity index (χ4n) is 1.28. The second-order valence-electron chi connectivity index (χ2n) is 3.04. The molecule has 3 nitrogen and oxygen atoms in total. The van der Waals surface area contributed by atoms with Gasteiger partial charge in [-0.15, -0.1) is 0 Å². The highest BCUT2D eigenvalue weighted by molar-refractivity contribution is 6.28. The molecular weight excluding hydrogens is 217 g/mol. The molecule has 5 heteroatoms. The number of rotatable bonds is 1. The molecule has 0 radical (unpaired) electrons. The van der Waals surface area contributed by atoms with Crippen LogP contribution < -0.4 is 0 Å². The second-order valence-corrected chi connectivity index (χ2v) is 3.38. The minimum Gasteiger partial charge on any atom is -0.216 e. The second kappa shape index (κ2) is 3.90. The Morgan fingerprint density at radius 1 is 1.27 bits per heavy atom. The molecule has 15 heavy (non-hydrogen) atoms. The van der Waals surface area contributed by atoms with Gasteiger partial charge in [-0.2, -0.15) is 4.98 Å². The molecule has 0 fully saturated rings. The number of aryl methyl sites for hydroxylation is 1. The molecule has 0 aliphatic rings. The van der Waals surface area contributed by atoms with E-state index in [0.717, 1.165) is 11.1 Å². The van der Waals surface area contributed by atoms with Crippen molar-refractivity contribution < 1.29 is 4.39 Å². The molecule has 2 aromatic rings. The Kier molecular flexibility index (Phi) is 2.60. The zero-order valence-electron chi connectivity index (χ0n) is 7.91. The maximum absolute atomic E-state index is 12.9. The minimum absolute atomic E-state index is 0.128. The Hall–Kier alpha value is -1.55. The zero-order valence-corrected chi connectivity index (χ0v) is 8.66. The third-order valence-corrected chi connectivity index (χ3v) is 2.15. The summed E-state index contributed by atoms with van der Waals surface area (Å²) in [6, 6.07) is 4.41. The van der Waals surface area contributed by atoms with Crippen molar-refractivity contribution in [3.05, 3.63) is 41.2 Å². The first kappa shape index (κ1) is 9.98. The molecular formula is C10H7ClFN3. The van der Waals surface area contributed by atoms with E-state index in [2.05, 4.69) is 15.0 Å². The van der Waals surface area contributed by atoms with Gasteiger partial charge < -0.3 is 0 Å². The van der Waals surface area contributed by atoms with Crippen molar-refractivity contribution in [1.82, 2.24) is 15.0 Å². The lowest BCUT2D eigenvalue weighted by molar-refractivity contribution is 0.627. The van der Waals surface area contributed by atoms with Gasteiger partial charge in [0, 0.05) is 5.56 Å². The highest BCUT2D eigenvalue weighted by atomic mass is 35.5. The highest BCUT2D eigenvalue weighted by Gasteiger charge is 2.06. The molecule has 0 bridgehead atoms. The third kappa shape index (κ3) is 2.10. The van der Waals surface area contributed by atoms with E-state index >= 15 is 0 Å². The van der Waals surface area contributed by atoms with Crippen LogP contribution in [-0.4, -0.2) is 15.0 Å². The van der Waals surface area contributed by atoms with E-state index in [1.165, 1.54) is 18.5 Å². The van der Waals surface area contributed by atoms with E-state index in [1.807, 2.05) is 0 Å². The van der Waals surface area contributed by atoms with Crippen molar-refractivity contribution in [2.24, 2.45) is 0 Å². The Morgan fingerprint density at radius 3 is 2.73 bits per heavy atom. The number of halogens is 2. The van der Waals surface area contributed by atoms with Crippen LogP contribution in [0.1, 0.15) is 5.56 Å². The van der Waals surface area contributed by atoms with Crippen molar-refractivity contribution in [3.8, 4) is 11.4 Å². The SMILES string of the molecule is Cc1cc(F)ccc1-c1ncnc(Cl)n1. The molecule has 1 aromatic heterocycles. The number of nitrogens with zero attached hydrogens (tertiary/aromatic N) is 3. The van der Waals surface area contributed by atoms with E-state index < -0.39 is 0 Å². The Labute approximate surface area is 91.0 Å². The number of hydrogen-bond acceptors (Lipinski definition) is 3. The van der Waals surface area contributed by atoms with Gasteiger partial charge in [-0.1, -0.05) is 0 Å². The van der Waals surface area contributed by atoms with Crippen molar-refractivity contribution in [1.29, 1.82) is 0 Å². The number of hydrogen-bond donors (Lipinski definition) is 0. The van der Waals surface area contributed by atoms with Gasteiger partial charge in [-0.3, -0.25) is 0 Å². The highest BCUT2D eigenvalue weighted by Crippen LogP contribution is 2.20. The summed E-state index contributed by atoms with van der Waals surface area (Å²) in [6.45, 7) is 1.79. The van der Waals surface area contributed by atoms with Gasteiger partial charge in [-0.25, -0.2) is 14.4 Å². The molecule has 0 amide bonds. The Balaban J connectivity index is 2.54. The molecule has 0 unspecified atom stereocenters. The quantitative estimate of drug-likeness (QED) is 0.746. The van der Waals surface area contributed by atoms with Crippen molar-refractivity contribution >= 4 is 11.6 Å². The molecule has 0 N–H and O–H groups in total. The smallest absolute Gasteiger partial charge is 0.216 e. The van der Waals surface area contributed by atoms with E-state index in [-0.39, 0.29) is 11.1 Å². The van der Waals surface area contributed by atoms with Crippen LogP contribution in [0.25, 0.3) is 11.4 Å². The summed E-state index contributed by atoms with van der Waals surface area (Å²) < 4.78 is 12.9. The van der Waals surface area contributed by atoms with E-state index in [4.69, 9.17) is 11.6 Å². The van der Waals surface area contributed by atoms with Gasteiger partial charge >= 0.3 is 0 Å². The van der Waals surface area contributed by atoms with Gasteiger partial charge in [0.2, 0.25) is 5.28 Å². The molecule has 1 aromatic carbocycles. The topological polar surface area (TPSA) is 38.7 Å². The van der Waals surface area contributed by atoms with Gasteiger partial charge in [0.25, 0.3) is 0 Å². The minimum atomic E-state index is -0.281. The van der Waals surface area contributed by atoms with Gasteiger partial charge in [-0.05, 0) is 42.3 Å². The molecule has 76 valence electrons. The maximum Gasteiger partial charge on any atom is 0.225 e. The van der Waals surface area contributed by atoms with Crippen LogP contribution in [0.2, 0.25) is 5.28 Å². The van der Waals surface area contributed by atoms with E-state index in [0.29, 0.717) is 5.82 Å². The van der Waals surface area contributed by atoms with Gasteiger partial charge in [0.15, 0.2) is 5.82 Å². The van der Waals surface area contributed by atoms with Crippen molar-refractivity contribution in [3.63, 3.8) is 0 Å². The predicted octanol–water partition coefficient (Wildman–Crippen LogP) is 2.64. The van der Waals surface area contributed by atoms with Crippen LogP contribution in [0.3, 0.4) is 0 Å². The van der Waals surface area contributed by atoms with E-state index in [1.54, 1.807) is 13.0 Å². The Morgan fingerprint density at radius 2 is 2.07 bits per heavy atom. The first-order chi connectivity index (χ1) is 7.16. The van der Waals surface area contributed by atoms with Crippen LogP contribution in [-0.2, 0) is 0 Å². The summed E-state index contributed by atoms with van der Waals surface area (Å²) in [5, 5.41) is 0.128. The maximum atomic E-state index is 12.9. The zero-order chi connectivity index (χ0) is 10.8. The van der Waals surface area contributed by atoms with Gasteiger partial charge in [0.1, 0.15) is 12.1 Å². The molecule has 2 rings (SSSR count). The summed E-state index contributed by atoms with van der Waals surface area (Å²) >= 11 is 5.64. The fraction of sp³-hybridized carbons (Fsp3) is 0.100. The lowest BCUT2D eigenvalue weighted by atomic mass is 10.1. The summed E-state index contributed by atoms with van der Waals surface area (Å²) in [4.78, 5) is 11.6. The van der Waals surface area contributed by atoms with Crippen LogP contribution in [0.15, 0.2) is 24.5 Å². The third-order valence-electron chi connectivity index (χ3n) is 1.97. The summed E-state index contributed by atoms with van der Waals surface area (Å²) in [5.74, 6) is 0.170. The summed E-state index contributed by atoms with van der Waals surface area (Å²) in [7, 11) is 0. The molecule has 0 saturated heterocycles. The standard InChI is InChI=1S/C10H7ClFN3/c1-6-4-7(12)2-3-8(6)9-13-5-14-10(11)15-9/h2-5H,1H3. The average Bonchev–Trinajstić information content (AvgIpc) is 2.17. The molecule has 1 heterocycles. The molecule has 0 aliphatic heterocycles. The summed E-state index contributed by atoms with van der Waals surface area (Å²) in [5.41, 5.74) is 1.51. The van der Waals surface area contributed by atoms with Crippen LogP contribution in [0.5, 0.6) is 0 Å². The normalized spacial score (nSPS) is 10.3. The van der Waals surface area contributed by atoms with Crippen LogP contribution >= 0.6 is 11.6 Å². The lowest BCUT2D eigenvalue weighted by Gasteiger charge is -2.03. The molecule has 0 aliphatic carbocycles. The van der Waals surface area contributed by atoms with Crippen molar-refractivity contribution in [2.45, 2.75) is 6.92 Å². The van der Waals surface area contributed by atoms with Crippen molar-refractivity contribution in [2.75, 3.05) is 0 Å². The molecule has 0 saturated carbocycles. The Bertz CT molecular complexity index is 502. The summed E-state index contributed by atoms with van der Waals surface area (Å²) in [6.07, 6.45) is 1.33.